The Labute approximate surface area is 151 Å². The number of methoxy groups -OCH3 is 3. The molecule has 1 unspecified atom stereocenters. The zero-order valence-electron chi connectivity index (χ0n) is 14.5. The number of rotatable bonds is 6. The van der Waals surface area contributed by atoms with Gasteiger partial charge < -0.3 is 19.1 Å². The average Bonchev–Trinajstić information content (AvgIpc) is 3.02. The molecule has 5 nitrogen and oxygen atoms in total. The maximum Gasteiger partial charge on any atom is 0.234 e. The Bertz CT molecular complexity index is 748. The number of ether oxygens (including phenoxy) is 3. The molecule has 6 heteroatoms. The molecular formula is C19H21NO4S. The van der Waals surface area contributed by atoms with E-state index in [1.54, 1.807) is 33.1 Å². The lowest BCUT2D eigenvalue weighted by Crippen LogP contribution is -2.27. The van der Waals surface area contributed by atoms with Crippen LogP contribution in [0.1, 0.15) is 16.5 Å². The second-order valence-electron chi connectivity index (χ2n) is 5.64. The number of carbonyl (C=O) groups is 1. The minimum absolute atomic E-state index is 0.00906. The third-order valence-electron chi connectivity index (χ3n) is 4.20. The summed E-state index contributed by atoms with van der Waals surface area (Å²) in [6.07, 6.45) is 0. The molecular weight excluding hydrogens is 338 g/mol. The van der Waals surface area contributed by atoms with Crippen molar-refractivity contribution in [1.29, 1.82) is 0 Å². The first kappa shape index (κ1) is 17.5. The number of nitrogens with zero attached hydrogens (tertiary/aromatic N) is 1. The summed E-state index contributed by atoms with van der Waals surface area (Å²) < 4.78 is 15.9. The van der Waals surface area contributed by atoms with Gasteiger partial charge in [-0.2, -0.15) is 0 Å². The highest BCUT2D eigenvalue weighted by atomic mass is 32.2. The molecule has 132 valence electrons. The molecule has 1 fully saturated rings. The van der Waals surface area contributed by atoms with Gasteiger partial charge in [-0.15, -0.1) is 11.8 Å². The lowest BCUT2D eigenvalue weighted by molar-refractivity contribution is -0.128. The van der Waals surface area contributed by atoms with E-state index in [4.69, 9.17) is 14.2 Å². The standard InChI is InChI=1S/C19H21NO4S/c1-22-15-7-4-13(5-8-15)19-20(18(21)12-25-19)11-14-6-9-16(23-2)10-17(14)24-3/h4-10,19H,11-12H2,1-3H3. The molecule has 1 aliphatic heterocycles. The molecule has 1 heterocycles. The summed E-state index contributed by atoms with van der Waals surface area (Å²) in [5.74, 6) is 2.87. The van der Waals surface area contributed by atoms with Crippen molar-refractivity contribution in [2.45, 2.75) is 11.9 Å². The topological polar surface area (TPSA) is 48.0 Å². The molecule has 1 atom stereocenters. The van der Waals surface area contributed by atoms with E-state index in [1.807, 2.05) is 47.4 Å². The summed E-state index contributed by atoms with van der Waals surface area (Å²) in [5.41, 5.74) is 2.04. The third kappa shape index (κ3) is 3.69. The van der Waals surface area contributed by atoms with Gasteiger partial charge in [0.1, 0.15) is 22.6 Å². The Morgan fingerprint density at radius 3 is 2.32 bits per heavy atom. The Morgan fingerprint density at radius 2 is 1.68 bits per heavy atom. The van der Waals surface area contributed by atoms with Crippen molar-refractivity contribution in [2.24, 2.45) is 0 Å². The van der Waals surface area contributed by atoms with Crippen LogP contribution in [0.5, 0.6) is 17.2 Å². The number of carbonyl (C=O) groups excluding carboxylic acids is 1. The van der Waals surface area contributed by atoms with Gasteiger partial charge in [-0.1, -0.05) is 12.1 Å². The molecule has 3 rings (SSSR count). The van der Waals surface area contributed by atoms with Crippen LogP contribution in [0.25, 0.3) is 0 Å². The van der Waals surface area contributed by atoms with Gasteiger partial charge in [-0.25, -0.2) is 0 Å². The lowest BCUT2D eigenvalue weighted by atomic mass is 10.1. The number of thioether (sulfide) groups is 1. The Kier molecular flexibility index (Phi) is 5.38. The summed E-state index contributed by atoms with van der Waals surface area (Å²) in [7, 11) is 4.89. The summed E-state index contributed by atoms with van der Waals surface area (Å²) in [6, 6.07) is 13.5. The molecule has 1 saturated heterocycles. The van der Waals surface area contributed by atoms with Crippen molar-refractivity contribution in [3.05, 3.63) is 53.6 Å². The fourth-order valence-corrected chi connectivity index (χ4v) is 4.02. The van der Waals surface area contributed by atoms with E-state index in [2.05, 4.69) is 0 Å². The highest BCUT2D eigenvalue weighted by Gasteiger charge is 2.33. The molecule has 0 N–H and O–H groups in total. The first-order chi connectivity index (χ1) is 12.2. The SMILES string of the molecule is COc1ccc(C2SCC(=O)N2Cc2ccc(OC)cc2OC)cc1. The van der Waals surface area contributed by atoms with Crippen LogP contribution in [-0.2, 0) is 11.3 Å². The van der Waals surface area contributed by atoms with E-state index in [1.165, 1.54) is 0 Å². The smallest absolute Gasteiger partial charge is 0.234 e. The maximum atomic E-state index is 12.4. The van der Waals surface area contributed by atoms with Crippen molar-refractivity contribution in [1.82, 2.24) is 4.90 Å². The Balaban J connectivity index is 1.85. The van der Waals surface area contributed by atoms with Gasteiger partial charge in [0.15, 0.2) is 0 Å². The van der Waals surface area contributed by atoms with Crippen molar-refractivity contribution in [3.63, 3.8) is 0 Å². The van der Waals surface area contributed by atoms with E-state index in [-0.39, 0.29) is 11.3 Å². The van der Waals surface area contributed by atoms with Crippen molar-refractivity contribution >= 4 is 17.7 Å². The van der Waals surface area contributed by atoms with Gasteiger partial charge >= 0.3 is 0 Å². The molecule has 0 bridgehead atoms. The monoisotopic (exact) mass is 359 g/mol. The number of amides is 1. The van der Waals surface area contributed by atoms with Crippen LogP contribution in [0.2, 0.25) is 0 Å². The summed E-state index contributed by atoms with van der Waals surface area (Å²) in [5, 5.41) is -0.00906. The third-order valence-corrected chi connectivity index (χ3v) is 5.46. The number of hydrogen-bond acceptors (Lipinski definition) is 5. The number of benzene rings is 2. The zero-order valence-corrected chi connectivity index (χ0v) is 15.3. The van der Waals surface area contributed by atoms with E-state index >= 15 is 0 Å². The highest BCUT2D eigenvalue weighted by Crippen LogP contribution is 2.41. The molecule has 0 radical (unpaired) electrons. The molecule has 25 heavy (non-hydrogen) atoms. The zero-order chi connectivity index (χ0) is 17.8. The summed E-state index contributed by atoms with van der Waals surface area (Å²) in [4.78, 5) is 14.3. The van der Waals surface area contributed by atoms with Crippen LogP contribution in [0, 0.1) is 0 Å². The Hall–Kier alpha value is -2.34. The largest absolute Gasteiger partial charge is 0.497 e. The van der Waals surface area contributed by atoms with Crippen LogP contribution in [0.15, 0.2) is 42.5 Å². The van der Waals surface area contributed by atoms with Gasteiger partial charge in [0.2, 0.25) is 5.91 Å². The predicted octanol–water partition coefficient (Wildman–Crippen LogP) is 3.49. The van der Waals surface area contributed by atoms with E-state index in [9.17, 15) is 4.79 Å². The predicted molar refractivity (Wildman–Crippen MR) is 98.3 cm³/mol. The minimum Gasteiger partial charge on any atom is -0.497 e. The maximum absolute atomic E-state index is 12.4. The van der Waals surface area contributed by atoms with Gasteiger partial charge in [0.05, 0.1) is 33.6 Å². The van der Waals surface area contributed by atoms with Crippen LogP contribution in [-0.4, -0.2) is 37.9 Å². The van der Waals surface area contributed by atoms with Crippen LogP contribution in [0.3, 0.4) is 0 Å². The molecule has 2 aromatic carbocycles. The summed E-state index contributed by atoms with van der Waals surface area (Å²) in [6.45, 7) is 0.496. The summed E-state index contributed by atoms with van der Waals surface area (Å²) >= 11 is 1.64. The molecule has 0 aliphatic carbocycles. The van der Waals surface area contributed by atoms with Gasteiger partial charge in [-0.05, 0) is 29.8 Å². The van der Waals surface area contributed by atoms with Crippen molar-refractivity contribution in [3.8, 4) is 17.2 Å². The quantitative estimate of drug-likeness (QED) is 0.790. The normalized spacial score (nSPS) is 16.8. The molecule has 2 aromatic rings. The second-order valence-corrected chi connectivity index (χ2v) is 6.70. The fraction of sp³-hybridized carbons (Fsp3) is 0.316. The van der Waals surface area contributed by atoms with Gasteiger partial charge in [-0.3, -0.25) is 4.79 Å². The number of hydrogen-bond donors (Lipinski definition) is 0. The average molecular weight is 359 g/mol. The Morgan fingerprint density at radius 1 is 1.00 bits per heavy atom. The van der Waals surface area contributed by atoms with Gasteiger partial charge in [0, 0.05) is 11.6 Å². The molecule has 0 saturated carbocycles. The lowest BCUT2D eigenvalue weighted by Gasteiger charge is -2.25. The highest BCUT2D eigenvalue weighted by molar-refractivity contribution is 8.00. The first-order valence-corrected chi connectivity index (χ1v) is 8.97. The van der Waals surface area contributed by atoms with E-state index < -0.39 is 0 Å². The molecule has 1 amide bonds. The minimum atomic E-state index is -0.00906. The van der Waals surface area contributed by atoms with E-state index in [0.717, 1.165) is 28.4 Å². The second kappa shape index (κ2) is 7.70. The first-order valence-electron chi connectivity index (χ1n) is 7.92. The molecule has 1 aliphatic rings. The van der Waals surface area contributed by atoms with Crippen molar-refractivity contribution in [2.75, 3.05) is 27.1 Å². The van der Waals surface area contributed by atoms with Crippen molar-refractivity contribution < 1.29 is 19.0 Å². The molecule has 0 aromatic heterocycles. The van der Waals surface area contributed by atoms with Crippen LogP contribution >= 0.6 is 11.8 Å². The van der Waals surface area contributed by atoms with Crippen LogP contribution in [0.4, 0.5) is 0 Å². The van der Waals surface area contributed by atoms with E-state index in [0.29, 0.717) is 12.3 Å². The van der Waals surface area contributed by atoms with Crippen LogP contribution < -0.4 is 14.2 Å². The fourth-order valence-electron chi connectivity index (χ4n) is 2.84. The molecule has 0 spiro atoms. The van der Waals surface area contributed by atoms with Gasteiger partial charge in [0.25, 0.3) is 0 Å².